The molecule has 0 radical (unpaired) electrons. The molecular formula is C41H74O8Si2. The zero-order valence-electron chi connectivity index (χ0n) is 35.1. The van der Waals surface area contributed by atoms with Crippen molar-refractivity contribution in [2.24, 2.45) is 17.8 Å². The lowest BCUT2D eigenvalue weighted by atomic mass is 9.90. The first kappa shape index (κ1) is 45.4. The maximum Gasteiger partial charge on any atom is 0.506 e. The fourth-order valence-electron chi connectivity index (χ4n) is 6.37. The van der Waals surface area contributed by atoms with E-state index in [2.05, 4.69) is 101 Å². The Bertz CT molecular complexity index is 1240. The molecule has 0 bridgehead atoms. The first-order valence-electron chi connectivity index (χ1n) is 19.4. The third-order valence-corrected chi connectivity index (χ3v) is 21.0. The molecular weight excluding hydrogens is 677 g/mol. The van der Waals surface area contributed by atoms with Gasteiger partial charge in [0.1, 0.15) is 11.7 Å². The maximum atomic E-state index is 13.5. The van der Waals surface area contributed by atoms with E-state index in [0.29, 0.717) is 31.1 Å². The summed E-state index contributed by atoms with van der Waals surface area (Å²) in [6.45, 7) is 34.9. The minimum atomic E-state index is -2.23. The molecule has 0 aromatic rings. The average Bonchev–Trinajstić information content (AvgIpc) is 3.73. The van der Waals surface area contributed by atoms with Crippen LogP contribution in [0, 0.1) is 17.8 Å². The van der Waals surface area contributed by atoms with E-state index in [1.54, 1.807) is 0 Å². The van der Waals surface area contributed by atoms with Crippen LogP contribution in [0.4, 0.5) is 4.79 Å². The summed E-state index contributed by atoms with van der Waals surface area (Å²) in [6, 6.07) is 0. The maximum absolute atomic E-state index is 13.5. The minimum Gasteiger partial charge on any atom is -0.457 e. The van der Waals surface area contributed by atoms with Gasteiger partial charge in [0.05, 0.1) is 24.7 Å². The van der Waals surface area contributed by atoms with Gasteiger partial charge in [0.25, 0.3) is 0 Å². The molecule has 9 atom stereocenters. The zero-order chi connectivity index (χ0) is 39.2. The Morgan fingerprint density at radius 2 is 1.71 bits per heavy atom. The van der Waals surface area contributed by atoms with Gasteiger partial charge in [-0.15, -0.1) is 0 Å². The van der Waals surface area contributed by atoms with Gasteiger partial charge in [-0.25, -0.2) is 4.79 Å². The van der Waals surface area contributed by atoms with E-state index in [1.807, 2.05) is 39.0 Å². The van der Waals surface area contributed by atoms with Crippen LogP contribution in [0.1, 0.15) is 122 Å². The van der Waals surface area contributed by atoms with Crippen molar-refractivity contribution in [3.63, 3.8) is 0 Å². The number of ether oxygens (including phenoxy) is 3. The number of carbonyl (C=O) groups excluding carboxylic acids is 1. The van der Waals surface area contributed by atoms with Crippen molar-refractivity contribution in [1.82, 2.24) is 0 Å². The van der Waals surface area contributed by atoms with E-state index in [4.69, 9.17) is 23.1 Å². The summed E-state index contributed by atoms with van der Waals surface area (Å²) >= 11 is 0. The van der Waals surface area contributed by atoms with Gasteiger partial charge in [-0.1, -0.05) is 99.6 Å². The molecule has 10 heteroatoms. The molecule has 8 nitrogen and oxygen atoms in total. The Hall–Kier alpha value is -1.73. The number of esters is 1. The lowest BCUT2D eigenvalue weighted by Gasteiger charge is -2.40. The second-order valence-corrected chi connectivity index (χ2v) is 28.3. The highest BCUT2D eigenvalue weighted by atomic mass is 28.4. The fourth-order valence-corrected chi connectivity index (χ4v) is 9.25. The van der Waals surface area contributed by atoms with Gasteiger partial charge in [0, 0.05) is 24.4 Å². The van der Waals surface area contributed by atoms with Crippen LogP contribution in [-0.2, 0) is 27.9 Å². The van der Waals surface area contributed by atoms with Crippen LogP contribution in [0.15, 0.2) is 36.0 Å². The summed E-state index contributed by atoms with van der Waals surface area (Å²) in [6.07, 6.45) is 12.1. The van der Waals surface area contributed by atoms with Crippen LogP contribution in [0.2, 0.25) is 36.3 Å². The van der Waals surface area contributed by atoms with E-state index >= 15 is 0 Å². The van der Waals surface area contributed by atoms with Gasteiger partial charge in [-0.05, 0) is 87.3 Å². The van der Waals surface area contributed by atoms with E-state index in [1.165, 1.54) is 0 Å². The second kappa shape index (κ2) is 18.1. The molecule has 1 N–H and O–H groups in total. The molecule has 51 heavy (non-hydrogen) atoms. The van der Waals surface area contributed by atoms with E-state index in [-0.39, 0.29) is 46.7 Å². The fraction of sp³-hybridized carbons (Fsp3) is 0.805. The molecule has 0 aromatic heterocycles. The summed E-state index contributed by atoms with van der Waals surface area (Å²) in [5, 5.41) is 9.65. The van der Waals surface area contributed by atoms with E-state index in [9.17, 15) is 14.7 Å². The lowest BCUT2D eigenvalue weighted by Crippen LogP contribution is -2.46. The predicted octanol–water partition coefficient (Wildman–Crippen LogP) is 11.2. The van der Waals surface area contributed by atoms with Crippen molar-refractivity contribution in [3.8, 4) is 0 Å². The summed E-state index contributed by atoms with van der Waals surface area (Å²) in [5.74, 6) is 0.211. The highest BCUT2D eigenvalue weighted by Crippen LogP contribution is 2.43. The molecule has 0 amide bonds. The number of carbonyl (C=O) groups is 2. The largest absolute Gasteiger partial charge is 0.506 e. The van der Waals surface area contributed by atoms with Crippen molar-refractivity contribution in [1.29, 1.82) is 0 Å². The molecule has 0 aromatic carbocycles. The molecule has 2 aliphatic heterocycles. The first-order chi connectivity index (χ1) is 23.2. The van der Waals surface area contributed by atoms with Gasteiger partial charge in [-0.3, -0.25) is 4.79 Å². The third kappa shape index (κ3) is 13.9. The quantitative estimate of drug-likeness (QED) is 0.0652. The van der Waals surface area contributed by atoms with Crippen LogP contribution in [0.3, 0.4) is 0 Å². The predicted molar refractivity (Wildman–Crippen MR) is 213 cm³/mol. The molecule has 9 unspecified atom stereocenters. The SMILES string of the molecule is CCC(O[Si](C)(C)C(C)(C)C)C(C)C1OC1CC(C)/C=C/C=C(\C)C1OC(=O)CC(O[Si](C)(C)C(C)(C)C)CCC(C)(OC(=O)O)C/C=C/C1C. The van der Waals surface area contributed by atoms with Crippen molar-refractivity contribution in [3.05, 3.63) is 36.0 Å². The average molecular weight is 751 g/mol. The Morgan fingerprint density at radius 3 is 2.25 bits per heavy atom. The van der Waals surface area contributed by atoms with Crippen molar-refractivity contribution in [2.45, 2.75) is 194 Å². The van der Waals surface area contributed by atoms with Gasteiger partial charge in [-0.2, -0.15) is 0 Å². The molecule has 2 rings (SSSR count). The van der Waals surface area contributed by atoms with Crippen molar-refractivity contribution >= 4 is 28.8 Å². The number of hydrogen-bond acceptors (Lipinski definition) is 7. The van der Waals surface area contributed by atoms with Crippen molar-refractivity contribution in [2.75, 3.05) is 0 Å². The summed E-state index contributed by atoms with van der Waals surface area (Å²) in [5.41, 5.74) is 0.00618. The minimum absolute atomic E-state index is 0.0497. The monoisotopic (exact) mass is 750 g/mol. The molecule has 294 valence electrons. The topological polar surface area (TPSA) is 104 Å². The third-order valence-electron chi connectivity index (χ3n) is 11.9. The van der Waals surface area contributed by atoms with Gasteiger partial charge in [0.15, 0.2) is 16.6 Å². The highest BCUT2D eigenvalue weighted by molar-refractivity contribution is 6.74. The van der Waals surface area contributed by atoms with E-state index < -0.39 is 40.6 Å². The molecule has 2 heterocycles. The molecule has 0 spiro atoms. The van der Waals surface area contributed by atoms with Crippen LogP contribution >= 0.6 is 0 Å². The molecule has 1 fully saturated rings. The van der Waals surface area contributed by atoms with Gasteiger partial charge in [0.2, 0.25) is 0 Å². The van der Waals surface area contributed by atoms with Gasteiger partial charge < -0.3 is 28.2 Å². The standard InChI is InChI=1S/C41H74O8Si2/c1-17-33(49-51(15,16)40(9,10)11)31(5)37-34(45-37)26-28(2)20-18-21-29(3)36-30(4)22-19-24-41(12,47-38(43)44)25-23-32(27-35(42)46-36)48-50(13,14)39(6,7)8/h18-22,28,30-34,36-37H,17,23-27H2,1-16H3,(H,43,44)/b20-18+,22-19+,29-21+. The Kier molecular flexibility index (Phi) is 16.1. The smallest absolute Gasteiger partial charge is 0.457 e. The van der Waals surface area contributed by atoms with Crippen LogP contribution in [0.5, 0.6) is 0 Å². The van der Waals surface area contributed by atoms with Crippen LogP contribution in [0.25, 0.3) is 0 Å². The normalized spacial score (nSPS) is 30.1. The van der Waals surface area contributed by atoms with Crippen molar-refractivity contribution < 1.29 is 37.8 Å². The zero-order valence-corrected chi connectivity index (χ0v) is 37.1. The number of epoxide rings is 1. The molecule has 1 saturated heterocycles. The lowest BCUT2D eigenvalue weighted by molar-refractivity contribution is -0.151. The molecule has 0 aliphatic carbocycles. The Labute approximate surface area is 313 Å². The van der Waals surface area contributed by atoms with E-state index in [0.717, 1.165) is 18.4 Å². The number of rotatable bonds is 13. The Morgan fingerprint density at radius 1 is 1.10 bits per heavy atom. The van der Waals surface area contributed by atoms with Crippen LogP contribution < -0.4 is 0 Å². The molecule has 2 aliphatic rings. The number of carboxylic acid groups (broad SMARTS) is 1. The number of cyclic esters (lactones) is 1. The second-order valence-electron chi connectivity index (χ2n) is 18.8. The number of hydrogen-bond donors (Lipinski definition) is 1. The Balaban J connectivity index is 2.18. The van der Waals surface area contributed by atoms with Crippen LogP contribution in [-0.4, -0.2) is 70.0 Å². The first-order valence-corrected chi connectivity index (χ1v) is 25.2. The summed E-state index contributed by atoms with van der Waals surface area (Å²) in [4.78, 5) is 25.2. The number of allylic oxidation sites excluding steroid dienone is 3. The highest BCUT2D eigenvalue weighted by Gasteiger charge is 2.48. The van der Waals surface area contributed by atoms with Gasteiger partial charge >= 0.3 is 12.1 Å². The summed E-state index contributed by atoms with van der Waals surface area (Å²) < 4.78 is 31.3. The molecule has 0 saturated carbocycles. The summed E-state index contributed by atoms with van der Waals surface area (Å²) in [7, 11) is -4.09.